The van der Waals surface area contributed by atoms with Gasteiger partial charge in [0.1, 0.15) is 5.75 Å². The van der Waals surface area contributed by atoms with Crippen LogP contribution < -0.4 is 4.74 Å². The van der Waals surface area contributed by atoms with E-state index in [-0.39, 0.29) is 0 Å². The second kappa shape index (κ2) is 9.91. The Kier molecular flexibility index (Phi) is 7.03. The van der Waals surface area contributed by atoms with Crippen LogP contribution in [0.1, 0.15) is 16.7 Å². The second-order valence-corrected chi connectivity index (χ2v) is 6.81. The van der Waals surface area contributed by atoms with Crippen LogP contribution in [0.3, 0.4) is 0 Å². The molecule has 0 aliphatic rings. The highest BCUT2D eigenvalue weighted by Crippen LogP contribution is 2.21. The van der Waals surface area contributed by atoms with Gasteiger partial charge in [-0.05, 0) is 23.6 Å². The number of benzene rings is 3. The number of rotatable bonds is 9. The van der Waals surface area contributed by atoms with Crippen molar-refractivity contribution in [2.75, 3.05) is 13.7 Å². The number of hydrogen-bond acceptors (Lipinski definition) is 3. The molecule has 0 aromatic heterocycles. The Morgan fingerprint density at radius 2 is 1.37 bits per heavy atom. The molecule has 0 heterocycles. The number of hydrogen-bond donors (Lipinski definition) is 1. The van der Waals surface area contributed by atoms with E-state index in [2.05, 4.69) is 47.4 Å². The number of nitrogens with zero attached hydrogens (tertiary/aromatic N) is 1. The first kappa shape index (κ1) is 19.2. The maximum Gasteiger partial charge on any atom is 0.123 e. The Morgan fingerprint density at radius 1 is 0.778 bits per heavy atom. The summed E-state index contributed by atoms with van der Waals surface area (Å²) in [6.07, 6.45) is 0.226. The van der Waals surface area contributed by atoms with E-state index < -0.39 is 6.10 Å². The zero-order valence-corrected chi connectivity index (χ0v) is 15.8. The van der Waals surface area contributed by atoms with Crippen LogP contribution in [-0.2, 0) is 19.5 Å². The molecular formula is C24H27NO2. The van der Waals surface area contributed by atoms with E-state index >= 15 is 0 Å². The van der Waals surface area contributed by atoms with Gasteiger partial charge >= 0.3 is 0 Å². The van der Waals surface area contributed by atoms with Crippen LogP contribution in [0.2, 0.25) is 0 Å². The van der Waals surface area contributed by atoms with Gasteiger partial charge in [-0.3, -0.25) is 4.90 Å². The SMILES string of the molecule is COc1ccccc1CN(Cc1ccccc1)CC(O)Cc1ccccc1. The molecule has 0 fully saturated rings. The van der Waals surface area contributed by atoms with Crippen LogP contribution in [0, 0.1) is 0 Å². The smallest absolute Gasteiger partial charge is 0.123 e. The van der Waals surface area contributed by atoms with Gasteiger partial charge in [-0.25, -0.2) is 0 Å². The van der Waals surface area contributed by atoms with Crippen LogP contribution in [0.15, 0.2) is 84.9 Å². The van der Waals surface area contributed by atoms with Crippen molar-refractivity contribution >= 4 is 0 Å². The van der Waals surface area contributed by atoms with E-state index in [0.29, 0.717) is 13.0 Å². The number of ether oxygens (including phenoxy) is 1. The maximum atomic E-state index is 10.7. The van der Waals surface area contributed by atoms with Gasteiger partial charge in [-0.2, -0.15) is 0 Å². The van der Waals surface area contributed by atoms with E-state index in [1.165, 1.54) is 5.56 Å². The first-order valence-electron chi connectivity index (χ1n) is 9.35. The third kappa shape index (κ3) is 5.95. The Balaban J connectivity index is 1.72. The minimum absolute atomic E-state index is 0.425. The topological polar surface area (TPSA) is 32.7 Å². The molecule has 3 heteroatoms. The highest BCUT2D eigenvalue weighted by Gasteiger charge is 2.15. The Morgan fingerprint density at radius 3 is 2.04 bits per heavy atom. The van der Waals surface area contributed by atoms with E-state index in [9.17, 15) is 5.11 Å². The normalized spacial score (nSPS) is 12.1. The minimum Gasteiger partial charge on any atom is -0.496 e. The van der Waals surface area contributed by atoms with E-state index in [4.69, 9.17) is 4.74 Å². The van der Waals surface area contributed by atoms with Gasteiger partial charge in [0.05, 0.1) is 13.2 Å². The third-order valence-corrected chi connectivity index (χ3v) is 4.62. The summed E-state index contributed by atoms with van der Waals surface area (Å²) in [5, 5.41) is 10.7. The van der Waals surface area contributed by atoms with Gasteiger partial charge in [-0.1, -0.05) is 78.9 Å². The predicted molar refractivity (Wildman–Crippen MR) is 110 cm³/mol. The summed E-state index contributed by atoms with van der Waals surface area (Å²) in [6, 6.07) is 28.6. The van der Waals surface area contributed by atoms with Crippen molar-refractivity contribution < 1.29 is 9.84 Å². The summed E-state index contributed by atoms with van der Waals surface area (Å²) in [5.41, 5.74) is 3.52. The van der Waals surface area contributed by atoms with E-state index in [1.807, 2.05) is 42.5 Å². The van der Waals surface area contributed by atoms with Crippen LogP contribution in [-0.4, -0.2) is 29.8 Å². The second-order valence-electron chi connectivity index (χ2n) is 6.81. The van der Waals surface area contributed by atoms with Crippen LogP contribution in [0.5, 0.6) is 5.75 Å². The zero-order chi connectivity index (χ0) is 18.9. The molecule has 0 spiro atoms. The summed E-state index contributed by atoms with van der Waals surface area (Å²) >= 11 is 0. The Bertz CT molecular complexity index is 805. The molecule has 1 N–H and O–H groups in total. The van der Waals surface area contributed by atoms with Crippen LogP contribution in [0.4, 0.5) is 0 Å². The van der Waals surface area contributed by atoms with Crippen molar-refractivity contribution in [3.05, 3.63) is 102 Å². The average molecular weight is 361 g/mol. The molecule has 3 aromatic carbocycles. The predicted octanol–water partition coefficient (Wildman–Crippen LogP) is 4.30. The number of aliphatic hydroxyl groups excluding tert-OH is 1. The van der Waals surface area contributed by atoms with Crippen molar-refractivity contribution in [3.8, 4) is 5.75 Å². The molecule has 3 rings (SSSR count). The molecule has 0 radical (unpaired) electrons. The summed E-state index contributed by atoms with van der Waals surface area (Å²) in [4.78, 5) is 2.28. The first-order valence-corrected chi connectivity index (χ1v) is 9.35. The summed E-state index contributed by atoms with van der Waals surface area (Å²) in [6.45, 7) is 2.11. The van der Waals surface area contributed by atoms with Gasteiger partial charge < -0.3 is 9.84 Å². The fraction of sp³-hybridized carbons (Fsp3) is 0.250. The Hall–Kier alpha value is -2.62. The maximum absolute atomic E-state index is 10.7. The highest BCUT2D eigenvalue weighted by molar-refractivity contribution is 5.33. The molecule has 0 saturated heterocycles. The zero-order valence-electron chi connectivity index (χ0n) is 15.8. The molecule has 0 bridgehead atoms. The van der Waals surface area contributed by atoms with E-state index in [1.54, 1.807) is 7.11 Å². The summed E-state index contributed by atoms with van der Waals surface area (Å²) in [5.74, 6) is 0.883. The van der Waals surface area contributed by atoms with Gasteiger partial charge in [0, 0.05) is 25.2 Å². The third-order valence-electron chi connectivity index (χ3n) is 4.62. The lowest BCUT2D eigenvalue weighted by atomic mass is 10.1. The summed E-state index contributed by atoms with van der Waals surface area (Å²) < 4.78 is 5.51. The first-order chi connectivity index (χ1) is 13.2. The molecule has 1 unspecified atom stereocenters. The molecule has 0 aliphatic heterocycles. The van der Waals surface area contributed by atoms with Crippen LogP contribution >= 0.6 is 0 Å². The van der Waals surface area contributed by atoms with Crippen molar-refractivity contribution in [3.63, 3.8) is 0 Å². The van der Waals surface area contributed by atoms with Gasteiger partial charge in [0.15, 0.2) is 0 Å². The average Bonchev–Trinajstić information content (AvgIpc) is 2.70. The largest absolute Gasteiger partial charge is 0.496 e. The van der Waals surface area contributed by atoms with Gasteiger partial charge in [0.2, 0.25) is 0 Å². The van der Waals surface area contributed by atoms with E-state index in [0.717, 1.165) is 30.0 Å². The molecule has 0 aliphatic carbocycles. The van der Waals surface area contributed by atoms with Gasteiger partial charge in [-0.15, -0.1) is 0 Å². The molecular weight excluding hydrogens is 334 g/mol. The fourth-order valence-electron chi connectivity index (χ4n) is 3.35. The highest BCUT2D eigenvalue weighted by atomic mass is 16.5. The van der Waals surface area contributed by atoms with Crippen molar-refractivity contribution in [1.29, 1.82) is 0 Å². The quantitative estimate of drug-likeness (QED) is 0.617. The number of methoxy groups -OCH3 is 1. The number of para-hydroxylation sites is 1. The van der Waals surface area contributed by atoms with Crippen molar-refractivity contribution in [2.24, 2.45) is 0 Å². The van der Waals surface area contributed by atoms with Crippen molar-refractivity contribution in [1.82, 2.24) is 4.90 Å². The van der Waals surface area contributed by atoms with Gasteiger partial charge in [0.25, 0.3) is 0 Å². The lowest BCUT2D eigenvalue weighted by molar-refractivity contribution is 0.104. The molecule has 140 valence electrons. The molecule has 0 saturated carbocycles. The molecule has 3 aromatic rings. The standard InChI is InChI=1S/C24H27NO2/c1-27-24-15-9-8-14-22(24)18-25(17-21-12-6-3-7-13-21)19-23(26)16-20-10-4-2-5-11-20/h2-15,23,26H,16-19H2,1H3. The van der Waals surface area contributed by atoms with Crippen LogP contribution in [0.25, 0.3) is 0 Å². The molecule has 0 amide bonds. The minimum atomic E-state index is -0.425. The summed E-state index contributed by atoms with van der Waals surface area (Å²) in [7, 11) is 1.70. The number of aliphatic hydroxyl groups is 1. The fourth-order valence-corrected chi connectivity index (χ4v) is 3.35. The molecule has 3 nitrogen and oxygen atoms in total. The lowest BCUT2D eigenvalue weighted by Crippen LogP contribution is -2.33. The lowest BCUT2D eigenvalue weighted by Gasteiger charge is -2.26. The monoisotopic (exact) mass is 361 g/mol. The molecule has 1 atom stereocenters. The van der Waals surface area contributed by atoms with Crippen molar-refractivity contribution in [2.45, 2.75) is 25.6 Å². The Labute approximate surface area is 161 Å². The molecule has 27 heavy (non-hydrogen) atoms.